The van der Waals surface area contributed by atoms with Gasteiger partial charge < -0.3 is 10.0 Å². The Kier molecular flexibility index (Phi) is 3.61. The van der Waals surface area contributed by atoms with Crippen molar-refractivity contribution in [2.24, 2.45) is 5.92 Å². The Labute approximate surface area is 111 Å². The molecule has 0 unspecified atom stereocenters. The van der Waals surface area contributed by atoms with E-state index in [2.05, 4.69) is 32.9 Å². The Morgan fingerprint density at radius 2 is 2.24 bits per heavy atom. The molecule has 1 aliphatic rings. The van der Waals surface area contributed by atoms with Gasteiger partial charge in [-0.2, -0.15) is 5.10 Å². The van der Waals surface area contributed by atoms with E-state index in [1.54, 1.807) is 6.20 Å². The smallest absolute Gasteiger partial charge is 0.108 e. The molecule has 96 valence electrons. The molecule has 4 nitrogen and oxygen atoms in total. The summed E-state index contributed by atoms with van der Waals surface area (Å²) >= 11 is 3.50. The Morgan fingerprint density at radius 1 is 1.59 bits per heavy atom. The lowest BCUT2D eigenvalue weighted by Gasteiger charge is -2.42. The maximum atomic E-state index is 10.6. The lowest BCUT2D eigenvalue weighted by atomic mass is 9.70. The molecule has 1 N–H and O–H groups in total. The Hall–Kier alpha value is -0.390. The van der Waals surface area contributed by atoms with Crippen LogP contribution in [-0.2, 0) is 12.1 Å². The lowest BCUT2D eigenvalue weighted by molar-refractivity contribution is -0.0812. The predicted molar refractivity (Wildman–Crippen MR) is 70.8 cm³/mol. The molecule has 0 atom stereocenters. The maximum absolute atomic E-state index is 10.6. The third kappa shape index (κ3) is 2.56. The first-order valence-corrected chi connectivity index (χ1v) is 6.80. The van der Waals surface area contributed by atoms with Gasteiger partial charge in [0, 0.05) is 6.54 Å². The van der Waals surface area contributed by atoms with Crippen LogP contribution in [0.15, 0.2) is 10.7 Å². The summed E-state index contributed by atoms with van der Waals surface area (Å²) in [6.45, 7) is 3.90. The summed E-state index contributed by atoms with van der Waals surface area (Å²) in [5, 5.41) is 14.9. The predicted octanol–water partition coefficient (Wildman–Crippen LogP) is 1.82. The van der Waals surface area contributed by atoms with Crippen LogP contribution in [0.5, 0.6) is 0 Å². The molecule has 5 heteroatoms. The normalized spacial score (nSPS) is 28.5. The van der Waals surface area contributed by atoms with Crippen LogP contribution in [0.3, 0.4) is 0 Å². The van der Waals surface area contributed by atoms with Gasteiger partial charge in [0.15, 0.2) is 0 Å². The van der Waals surface area contributed by atoms with Crippen molar-refractivity contribution in [3.05, 3.63) is 16.4 Å². The number of nitrogens with zero attached hydrogens (tertiary/aromatic N) is 3. The van der Waals surface area contributed by atoms with E-state index in [4.69, 9.17) is 0 Å². The zero-order chi connectivity index (χ0) is 12.6. The zero-order valence-electron chi connectivity index (χ0n) is 10.6. The van der Waals surface area contributed by atoms with E-state index in [0.29, 0.717) is 5.92 Å². The molecule has 1 heterocycles. The number of rotatable bonds is 4. The third-order valence-electron chi connectivity index (χ3n) is 3.37. The minimum Gasteiger partial charge on any atom is -0.384 e. The van der Waals surface area contributed by atoms with Gasteiger partial charge in [0.05, 0.1) is 22.9 Å². The summed E-state index contributed by atoms with van der Waals surface area (Å²) in [5.74, 6) is 0.601. The SMILES string of the molecule is CC1CC(O)(c2c(Br)cnn2CCN(C)C)C1. The molecule has 1 fully saturated rings. The minimum atomic E-state index is -0.680. The quantitative estimate of drug-likeness (QED) is 0.922. The molecular formula is C12H20BrN3O. The van der Waals surface area contributed by atoms with Gasteiger partial charge in [-0.05, 0) is 48.8 Å². The fourth-order valence-corrected chi connectivity index (χ4v) is 3.24. The molecule has 0 saturated heterocycles. The van der Waals surface area contributed by atoms with Crippen LogP contribution in [0.4, 0.5) is 0 Å². The summed E-state index contributed by atoms with van der Waals surface area (Å²) in [6, 6.07) is 0. The number of halogens is 1. The Bertz CT molecular complexity index is 396. The van der Waals surface area contributed by atoms with Gasteiger partial charge in [-0.3, -0.25) is 4.68 Å². The molecule has 17 heavy (non-hydrogen) atoms. The highest BCUT2D eigenvalue weighted by atomic mass is 79.9. The summed E-state index contributed by atoms with van der Waals surface area (Å²) in [6.07, 6.45) is 3.45. The Balaban J connectivity index is 2.18. The molecular weight excluding hydrogens is 282 g/mol. The zero-order valence-corrected chi connectivity index (χ0v) is 12.2. The summed E-state index contributed by atoms with van der Waals surface area (Å²) in [7, 11) is 4.08. The van der Waals surface area contributed by atoms with Gasteiger partial charge in [0.2, 0.25) is 0 Å². The summed E-state index contributed by atoms with van der Waals surface area (Å²) < 4.78 is 2.85. The number of likely N-dealkylation sites (N-methyl/N-ethyl adjacent to an activating group) is 1. The lowest BCUT2D eigenvalue weighted by Crippen LogP contribution is -2.42. The van der Waals surface area contributed by atoms with Gasteiger partial charge in [-0.25, -0.2) is 0 Å². The first-order chi connectivity index (χ1) is 7.92. The first-order valence-electron chi connectivity index (χ1n) is 6.01. The number of hydrogen-bond donors (Lipinski definition) is 1. The first kappa shape index (κ1) is 13.1. The highest BCUT2D eigenvalue weighted by Gasteiger charge is 2.45. The van der Waals surface area contributed by atoms with Gasteiger partial charge in [-0.1, -0.05) is 6.92 Å². The molecule has 1 aromatic heterocycles. The van der Waals surface area contributed by atoms with E-state index in [1.807, 2.05) is 18.8 Å². The van der Waals surface area contributed by atoms with Crippen molar-refractivity contribution < 1.29 is 5.11 Å². The Morgan fingerprint density at radius 3 is 2.76 bits per heavy atom. The highest BCUT2D eigenvalue weighted by molar-refractivity contribution is 9.10. The van der Waals surface area contributed by atoms with Crippen LogP contribution < -0.4 is 0 Å². The molecule has 0 bridgehead atoms. The van der Waals surface area contributed by atoms with E-state index >= 15 is 0 Å². The van der Waals surface area contributed by atoms with Crippen LogP contribution in [-0.4, -0.2) is 40.4 Å². The number of hydrogen-bond acceptors (Lipinski definition) is 3. The van der Waals surface area contributed by atoms with Crippen molar-refractivity contribution in [1.82, 2.24) is 14.7 Å². The van der Waals surface area contributed by atoms with Crippen LogP contribution >= 0.6 is 15.9 Å². The second-order valence-corrected chi connectivity index (χ2v) is 6.27. The second-order valence-electron chi connectivity index (χ2n) is 5.41. The average Bonchev–Trinajstić information content (AvgIpc) is 2.55. The van der Waals surface area contributed by atoms with Crippen LogP contribution in [0.2, 0.25) is 0 Å². The highest BCUT2D eigenvalue weighted by Crippen LogP contribution is 2.47. The van der Waals surface area contributed by atoms with E-state index in [1.165, 1.54) is 0 Å². The van der Waals surface area contributed by atoms with Crippen molar-refractivity contribution in [2.75, 3.05) is 20.6 Å². The van der Waals surface area contributed by atoms with Gasteiger partial charge in [0.1, 0.15) is 5.60 Å². The van der Waals surface area contributed by atoms with Crippen molar-refractivity contribution in [3.63, 3.8) is 0 Å². The van der Waals surface area contributed by atoms with Crippen molar-refractivity contribution in [2.45, 2.75) is 31.9 Å². The molecule has 0 aliphatic heterocycles. The van der Waals surface area contributed by atoms with Crippen LogP contribution in [0.1, 0.15) is 25.5 Å². The molecule has 0 amide bonds. The molecule has 0 spiro atoms. The fourth-order valence-electron chi connectivity index (χ4n) is 2.58. The topological polar surface area (TPSA) is 41.3 Å². The minimum absolute atomic E-state index is 0.601. The molecule has 1 aliphatic carbocycles. The van der Waals surface area contributed by atoms with Gasteiger partial charge >= 0.3 is 0 Å². The largest absolute Gasteiger partial charge is 0.384 e. The van der Waals surface area contributed by atoms with E-state index < -0.39 is 5.60 Å². The van der Waals surface area contributed by atoms with Gasteiger partial charge in [0.25, 0.3) is 0 Å². The second kappa shape index (κ2) is 4.71. The number of aromatic nitrogens is 2. The average molecular weight is 302 g/mol. The number of aliphatic hydroxyl groups is 1. The monoisotopic (exact) mass is 301 g/mol. The van der Waals surface area contributed by atoms with Gasteiger partial charge in [-0.15, -0.1) is 0 Å². The molecule has 2 rings (SSSR count). The van der Waals surface area contributed by atoms with Crippen molar-refractivity contribution in [3.8, 4) is 0 Å². The van der Waals surface area contributed by atoms with E-state index in [-0.39, 0.29) is 0 Å². The summed E-state index contributed by atoms with van der Waals surface area (Å²) in [5.41, 5.74) is 0.263. The molecule has 0 aromatic carbocycles. The molecule has 1 saturated carbocycles. The maximum Gasteiger partial charge on any atom is 0.108 e. The van der Waals surface area contributed by atoms with Crippen molar-refractivity contribution >= 4 is 15.9 Å². The van der Waals surface area contributed by atoms with Crippen LogP contribution in [0.25, 0.3) is 0 Å². The van der Waals surface area contributed by atoms with Crippen molar-refractivity contribution in [1.29, 1.82) is 0 Å². The standard InChI is InChI=1S/C12H20BrN3O/c1-9-6-12(17,7-9)11-10(13)8-14-16(11)5-4-15(2)3/h8-9,17H,4-7H2,1-3H3. The van der Waals surface area contributed by atoms with E-state index in [0.717, 1.165) is 36.1 Å². The van der Waals surface area contributed by atoms with Crippen LogP contribution in [0, 0.1) is 5.92 Å². The molecule has 1 aromatic rings. The third-order valence-corrected chi connectivity index (χ3v) is 3.95. The summed E-state index contributed by atoms with van der Waals surface area (Å²) in [4.78, 5) is 2.12. The van der Waals surface area contributed by atoms with E-state index in [9.17, 15) is 5.11 Å². The fraction of sp³-hybridized carbons (Fsp3) is 0.750. The molecule has 0 radical (unpaired) electrons.